The third-order valence-electron chi connectivity index (χ3n) is 7.11. The first-order valence-electron chi connectivity index (χ1n) is 11.8. The van der Waals surface area contributed by atoms with E-state index in [2.05, 4.69) is 57.4 Å². The van der Waals surface area contributed by atoms with Crippen molar-refractivity contribution in [2.24, 2.45) is 0 Å². The molecule has 2 aromatic carbocycles. The van der Waals surface area contributed by atoms with Gasteiger partial charge in [0.15, 0.2) is 14.4 Å². The van der Waals surface area contributed by atoms with Gasteiger partial charge in [-0.15, -0.1) is 0 Å². The van der Waals surface area contributed by atoms with E-state index in [-0.39, 0.29) is 23.0 Å². The highest BCUT2D eigenvalue weighted by Crippen LogP contribution is 2.37. The number of benzene rings is 2. The summed E-state index contributed by atoms with van der Waals surface area (Å²) in [4.78, 5) is 15.2. The van der Waals surface area contributed by atoms with Crippen LogP contribution in [0.25, 0.3) is 0 Å². The third kappa shape index (κ3) is 6.32. The lowest BCUT2D eigenvalue weighted by Crippen LogP contribution is -2.66. The van der Waals surface area contributed by atoms with Crippen LogP contribution in [0.1, 0.15) is 38.3 Å². The van der Waals surface area contributed by atoms with E-state index in [4.69, 9.17) is 4.43 Å². The van der Waals surface area contributed by atoms with Gasteiger partial charge in [-0.2, -0.15) is 5.26 Å². The Bertz CT molecular complexity index is 951. The molecule has 0 aliphatic carbocycles. The number of piperazine rings is 1. The van der Waals surface area contributed by atoms with Crippen molar-refractivity contribution in [1.82, 2.24) is 10.2 Å². The second-order valence-electron chi connectivity index (χ2n) is 10.4. The molecule has 2 aromatic rings. The van der Waals surface area contributed by atoms with E-state index in [1.807, 2.05) is 53.4 Å². The summed E-state index contributed by atoms with van der Waals surface area (Å²) >= 11 is 0. The van der Waals surface area contributed by atoms with Gasteiger partial charge in [-0.1, -0.05) is 81.4 Å². The molecule has 1 fully saturated rings. The van der Waals surface area contributed by atoms with Crippen LogP contribution in [0.15, 0.2) is 60.7 Å². The third-order valence-corrected chi connectivity index (χ3v) is 11.6. The molecule has 1 saturated heterocycles. The van der Waals surface area contributed by atoms with Crippen molar-refractivity contribution in [3.05, 3.63) is 71.8 Å². The molecule has 0 saturated carbocycles. The topological polar surface area (TPSA) is 65.4 Å². The summed E-state index contributed by atoms with van der Waals surface area (Å²) in [6.45, 7) is 12.1. The largest absolute Gasteiger partial charge is 0.415 e. The zero-order valence-corrected chi connectivity index (χ0v) is 21.5. The first-order valence-corrected chi connectivity index (χ1v) is 14.7. The summed E-state index contributed by atoms with van der Waals surface area (Å²) in [5.74, 6) is -0.166. The number of rotatable bonds is 8. The molecule has 0 spiro atoms. The summed E-state index contributed by atoms with van der Waals surface area (Å²) in [6.07, 6.45) is 1.70. The molecule has 1 aliphatic rings. The zero-order valence-electron chi connectivity index (χ0n) is 20.5. The van der Waals surface area contributed by atoms with E-state index in [0.29, 0.717) is 13.2 Å². The minimum absolute atomic E-state index is 0.0268. The van der Waals surface area contributed by atoms with Crippen LogP contribution in [0.3, 0.4) is 0 Å². The van der Waals surface area contributed by atoms with Crippen molar-refractivity contribution in [3.8, 4) is 6.07 Å². The molecule has 1 N–H and O–H groups in total. The number of hydrogen-bond acceptors (Lipinski definition) is 4. The van der Waals surface area contributed by atoms with Crippen molar-refractivity contribution < 1.29 is 9.22 Å². The lowest BCUT2D eigenvalue weighted by molar-refractivity contribution is -0.141. The average Bonchev–Trinajstić information content (AvgIpc) is 2.79. The number of nitriles is 1. The van der Waals surface area contributed by atoms with Gasteiger partial charge in [0, 0.05) is 12.6 Å². The number of nitrogens with zero attached hydrogens (tertiary/aromatic N) is 2. The van der Waals surface area contributed by atoms with Gasteiger partial charge >= 0.3 is 0 Å². The fourth-order valence-electron chi connectivity index (χ4n) is 3.97. The molecule has 1 heterocycles. The highest BCUT2D eigenvalue weighted by atomic mass is 28.4. The van der Waals surface area contributed by atoms with E-state index in [1.165, 1.54) is 5.56 Å². The highest BCUT2D eigenvalue weighted by molar-refractivity contribution is 6.74. The predicted octanol–water partition coefficient (Wildman–Crippen LogP) is 4.90. The van der Waals surface area contributed by atoms with Crippen molar-refractivity contribution in [3.63, 3.8) is 0 Å². The molecule has 3 rings (SSSR count). The maximum atomic E-state index is 13.3. The Morgan fingerprint density at radius 1 is 1.03 bits per heavy atom. The molecule has 5 nitrogen and oxygen atoms in total. The van der Waals surface area contributed by atoms with Gasteiger partial charge in [-0.25, -0.2) is 0 Å². The SMILES string of the molecule is CC(C)(C)[Si](C)(C)OC[C@@H]1[C@@H](CCc2ccccc2)N[C@@H](C#N)C(=O)N1Cc1ccccc1. The summed E-state index contributed by atoms with van der Waals surface area (Å²) in [7, 11) is -2.01. The monoisotopic (exact) mass is 463 g/mol. The Morgan fingerprint density at radius 2 is 1.61 bits per heavy atom. The molecule has 1 aliphatic heterocycles. The van der Waals surface area contributed by atoms with E-state index < -0.39 is 14.4 Å². The van der Waals surface area contributed by atoms with Gasteiger partial charge < -0.3 is 9.33 Å². The molecule has 3 atom stereocenters. The van der Waals surface area contributed by atoms with Gasteiger partial charge in [0.1, 0.15) is 0 Å². The molecule has 0 unspecified atom stereocenters. The zero-order chi connectivity index (χ0) is 24.1. The first-order chi connectivity index (χ1) is 15.6. The molecule has 0 aromatic heterocycles. The van der Waals surface area contributed by atoms with Crippen LogP contribution in [0.2, 0.25) is 18.1 Å². The Balaban J connectivity index is 1.88. The Morgan fingerprint density at radius 3 is 2.15 bits per heavy atom. The van der Waals surface area contributed by atoms with Crippen molar-refractivity contribution >= 4 is 14.2 Å². The Labute approximate surface area is 199 Å². The smallest absolute Gasteiger partial charge is 0.255 e. The molecule has 33 heavy (non-hydrogen) atoms. The summed E-state index contributed by atoms with van der Waals surface area (Å²) in [5, 5.41) is 13.1. The lowest BCUT2D eigenvalue weighted by atomic mass is 9.94. The number of amides is 1. The quantitative estimate of drug-likeness (QED) is 0.566. The molecule has 176 valence electrons. The number of carbonyl (C=O) groups is 1. The van der Waals surface area contributed by atoms with Crippen LogP contribution in [0.5, 0.6) is 0 Å². The molecular formula is C27H37N3O2Si. The lowest BCUT2D eigenvalue weighted by Gasteiger charge is -2.46. The van der Waals surface area contributed by atoms with Gasteiger partial charge in [-0.3, -0.25) is 10.1 Å². The van der Waals surface area contributed by atoms with Gasteiger partial charge in [0.2, 0.25) is 0 Å². The summed E-state index contributed by atoms with van der Waals surface area (Å²) in [5.41, 5.74) is 2.31. The molecular weight excluding hydrogens is 426 g/mol. The van der Waals surface area contributed by atoms with Crippen LogP contribution in [0, 0.1) is 11.3 Å². The number of aryl methyl sites for hydroxylation is 1. The number of hydrogen-bond donors (Lipinski definition) is 1. The molecule has 0 bridgehead atoms. The van der Waals surface area contributed by atoms with Crippen LogP contribution < -0.4 is 5.32 Å². The van der Waals surface area contributed by atoms with Crippen LogP contribution in [0.4, 0.5) is 0 Å². The normalized spacial score (nSPS) is 21.6. The van der Waals surface area contributed by atoms with Gasteiger partial charge in [-0.05, 0) is 42.1 Å². The minimum atomic E-state index is -2.01. The van der Waals surface area contributed by atoms with E-state index >= 15 is 0 Å². The standard InChI is InChI=1S/C27H37N3O2Si/c1-27(2,3)33(4,5)32-20-25-23(17-16-21-12-8-6-9-13-21)29-24(18-28)26(31)30(25)19-22-14-10-7-11-15-22/h6-15,23-25,29H,16-17,19-20H2,1-5H3/t23-,24+,25-/m1/s1. The van der Waals surface area contributed by atoms with Crippen LogP contribution in [-0.2, 0) is 22.2 Å². The van der Waals surface area contributed by atoms with Crippen LogP contribution in [-0.4, -0.2) is 43.9 Å². The minimum Gasteiger partial charge on any atom is -0.415 e. The van der Waals surface area contributed by atoms with E-state index in [1.54, 1.807) is 0 Å². The number of nitrogens with one attached hydrogen (secondary N) is 1. The second-order valence-corrected chi connectivity index (χ2v) is 15.3. The molecule has 0 radical (unpaired) electrons. The van der Waals surface area contributed by atoms with E-state index in [9.17, 15) is 10.1 Å². The Kier molecular flexibility index (Phi) is 8.12. The van der Waals surface area contributed by atoms with Crippen molar-refractivity contribution in [1.29, 1.82) is 5.26 Å². The van der Waals surface area contributed by atoms with Gasteiger partial charge in [0.25, 0.3) is 5.91 Å². The fraction of sp³-hybridized carbons (Fsp3) is 0.481. The maximum absolute atomic E-state index is 13.3. The second kappa shape index (κ2) is 10.6. The van der Waals surface area contributed by atoms with Crippen LogP contribution >= 0.6 is 0 Å². The highest BCUT2D eigenvalue weighted by Gasteiger charge is 2.44. The fourth-order valence-corrected chi connectivity index (χ4v) is 4.99. The number of carbonyl (C=O) groups excluding carboxylic acids is 1. The van der Waals surface area contributed by atoms with Crippen molar-refractivity contribution in [2.45, 2.75) is 76.4 Å². The summed E-state index contributed by atoms with van der Waals surface area (Å²) in [6, 6.07) is 21.5. The molecule has 1 amide bonds. The van der Waals surface area contributed by atoms with E-state index in [0.717, 1.165) is 18.4 Å². The first kappa shape index (κ1) is 25.2. The maximum Gasteiger partial charge on any atom is 0.255 e. The van der Waals surface area contributed by atoms with Gasteiger partial charge in [0.05, 0.1) is 18.7 Å². The Hall–Kier alpha value is -2.46. The van der Waals surface area contributed by atoms with Crippen molar-refractivity contribution in [2.75, 3.05) is 6.61 Å². The predicted molar refractivity (Wildman–Crippen MR) is 135 cm³/mol. The average molecular weight is 464 g/mol. The molecule has 6 heteroatoms. The summed E-state index contributed by atoms with van der Waals surface area (Å²) < 4.78 is 6.62.